The number of nitrogens with one attached hydrogen (secondary N) is 2. The average Bonchev–Trinajstić information content (AvgIpc) is 2.97. The van der Waals surface area contributed by atoms with Gasteiger partial charge in [-0.15, -0.1) is 24.0 Å². The zero-order valence-electron chi connectivity index (χ0n) is 13.7. The third kappa shape index (κ3) is 5.83. The Kier molecular flexibility index (Phi) is 8.64. The molecule has 0 amide bonds. The minimum absolute atomic E-state index is 0. The third-order valence-corrected chi connectivity index (χ3v) is 3.49. The number of aromatic nitrogens is 2. The second-order valence-corrected chi connectivity index (χ2v) is 4.89. The van der Waals surface area contributed by atoms with E-state index in [0.717, 1.165) is 17.2 Å². The molecule has 0 aliphatic rings. The second-order valence-electron chi connectivity index (χ2n) is 4.89. The maximum Gasteiger partial charge on any atom is 0.191 e. The van der Waals surface area contributed by atoms with Crippen molar-refractivity contribution in [3.05, 3.63) is 53.9 Å². The number of halogens is 1. The maximum atomic E-state index is 5.54. The summed E-state index contributed by atoms with van der Waals surface area (Å²) in [4.78, 5) is 4.23. The van der Waals surface area contributed by atoms with E-state index in [4.69, 9.17) is 4.74 Å². The fraction of sp³-hybridized carbons (Fsp3) is 0.375. The van der Waals surface area contributed by atoms with E-state index >= 15 is 0 Å². The van der Waals surface area contributed by atoms with Gasteiger partial charge in [-0.25, -0.2) is 0 Å². The largest absolute Gasteiger partial charge is 0.375 e. The van der Waals surface area contributed by atoms with E-state index in [1.807, 2.05) is 36.0 Å². The van der Waals surface area contributed by atoms with Crippen LogP contribution in [0.5, 0.6) is 0 Å². The van der Waals surface area contributed by atoms with Crippen molar-refractivity contribution in [1.29, 1.82) is 0 Å². The molecule has 0 aliphatic heterocycles. The van der Waals surface area contributed by atoms with Gasteiger partial charge in [0.25, 0.3) is 0 Å². The van der Waals surface area contributed by atoms with Gasteiger partial charge in [0.05, 0.1) is 18.3 Å². The third-order valence-electron chi connectivity index (χ3n) is 3.49. The van der Waals surface area contributed by atoms with Crippen molar-refractivity contribution in [3.63, 3.8) is 0 Å². The number of methoxy groups -OCH3 is 1. The van der Waals surface area contributed by atoms with Gasteiger partial charge in [-0.2, -0.15) is 5.10 Å². The minimum Gasteiger partial charge on any atom is -0.375 e. The molecule has 0 aliphatic carbocycles. The Hall–Kier alpha value is -1.61. The Morgan fingerprint density at radius 2 is 2.00 bits per heavy atom. The molecule has 0 saturated heterocycles. The van der Waals surface area contributed by atoms with Gasteiger partial charge in [-0.05, 0) is 11.6 Å². The summed E-state index contributed by atoms with van der Waals surface area (Å²) in [7, 11) is 5.39. The molecular formula is C16H24IN5O. The van der Waals surface area contributed by atoms with E-state index in [9.17, 15) is 0 Å². The minimum atomic E-state index is -0.0172. The Labute approximate surface area is 154 Å². The number of guanidine groups is 1. The number of aryl methyl sites for hydroxylation is 1. The normalized spacial score (nSPS) is 12.4. The van der Waals surface area contributed by atoms with Crippen LogP contribution < -0.4 is 10.6 Å². The highest BCUT2D eigenvalue weighted by atomic mass is 127. The molecule has 2 rings (SSSR count). The summed E-state index contributed by atoms with van der Waals surface area (Å²) >= 11 is 0. The van der Waals surface area contributed by atoms with E-state index in [1.54, 1.807) is 20.4 Å². The number of hydrogen-bond donors (Lipinski definition) is 2. The predicted molar refractivity (Wildman–Crippen MR) is 103 cm³/mol. The van der Waals surface area contributed by atoms with Crippen molar-refractivity contribution >= 4 is 29.9 Å². The molecule has 23 heavy (non-hydrogen) atoms. The molecule has 1 heterocycles. The van der Waals surface area contributed by atoms with Gasteiger partial charge in [0.2, 0.25) is 0 Å². The Bertz CT molecular complexity index is 600. The first-order chi connectivity index (χ1) is 10.7. The van der Waals surface area contributed by atoms with E-state index < -0.39 is 0 Å². The SMILES string of the molecule is CN=C(NCc1ccnn1C)NCC(OC)c1ccccc1.I. The summed E-state index contributed by atoms with van der Waals surface area (Å²) in [6.07, 6.45) is 1.76. The number of hydrogen-bond acceptors (Lipinski definition) is 3. The first-order valence-corrected chi connectivity index (χ1v) is 7.23. The van der Waals surface area contributed by atoms with Gasteiger partial charge >= 0.3 is 0 Å². The fourth-order valence-corrected chi connectivity index (χ4v) is 2.16. The van der Waals surface area contributed by atoms with Gasteiger partial charge in [0.15, 0.2) is 5.96 Å². The first-order valence-electron chi connectivity index (χ1n) is 7.23. The van der Waals surface area contributed by atoms with Gasteiger partial charge < -0.3 is 15.4 Å². The summed E-state index contributed by atoms with van der Waals surface area (Å²) < 4.78 is 7.38. The van der Waals surface area contributed by atoms with Crippen LogP contribution in [0.4, 0.5) is 0 Å². The summed E-state index contributed by atoms with van der Waals surface area (Å²) in [5, 5.41) is 10.7. The molecule has 1 atom stereocenters. The van der Waals surface area contributed by atoms with Crippen LogP contribution in [0, 0.1) is 0 Å². The van der Waals surface area contributed by atoms with E-state index in [2.05, 4.69) is 32.9 Å². The Balaban J connectivity index is 0.00000264. The van der Waals surface area contributed by atoms with Crippen LogP contribution in [0.2, 0.25) is 0 Å². The molecular weight excluding hydrogens is 405 g/mol. The van der Waals surface area contributed by atoms with Crippen LogP contribution in [-0.4, -0.2) is 36.4 Å². The van der Waals surface area contributed by atoms with Crippen LogP contribution >= 0.6 is 24.0 Å². The molecule has 1 aromatic carbocycles. The van der Waals surface area contributed by atoms with Crippen LogP contribution in [0.15, 0.2) is 47.6 Å². The van der Waals surface area contributed by atoms with Crippen LogP contribution in [0.1, 0.15) is 17.4 Å². The van der Waals surface area contributed by atoms with Crippen molar-refractivity contribution in [2.24, 2.45) is 12.0 Å². The van der Waals surface area contributed by atoms with E-state index in [-0.39, 0.29) is 30.1 Å². The topological polar surface area (TPSA) is 63.5 Å². The summed E-state index contributed by atoms with van der Waals surface area (Å²) in [6.45, 7) is 1.31. The fourth-order valence-electron chi connectivity index (χ4n) is 2.16. The highest BCUT2D eigenvalue weighted by Gasteiger charge is 2.10. The number of nitrogens with zero attached hydrogens (tertiary/aromatic N) is 3. The van der Waals surface area contributed by atoms with Crippen molar-refractivity contribution in [2.45, 2.75) is 12.6 Å². The molecule has 6 nitrogen and oxygen atoms in total. The smallest absolute Gasteiger partial charge is 0.191 e. The van der Waals surface area contributed by atoms with Crippen molar-refractivity contribution in [2.75, 3.05) is 20.7 Å². The van der Waals surface area contributed by atoms with Gasteiger partial charge in [0, 0.05) is 33.9 Å². The van der Waals surface area contributed by atoms with Gasteiger partial charge in [0.1, 0.15) is 0 Å². The van der Waals surface area contributed by atoms with Gasteiger partial charge in [-0.3, -0.25) is 9.67 Å². The summed E-state index contributed by atoms with van der Waals surface area (Å²) in [5.41, 5.74) is 2.23. The van der Waals surface area contributed by atoms with Crippen molar-refractivity contribution < 1.29 is 4.74 Å². The summed E-state index contributed by atoms with van der Waals surface area (Å²) in [6, 6.07) is 12.1. The molecule has 0 saturated carbocycles. The first kappa shape index (κ1) is 19.4. The highest BCUT2D eigenvalue weighted by molar-refractivity contribution is 14.0. The molecule has 7 heteroatoms. The zero-order chi connectivity index (χ0) is 15.8. The molecule has 1 aromatic heterocycles. The highest BCUT2D eigenvalue weighted by Crippen LogP contribution is 2.14. The average molecular weight is 429 g/mol. The van der Waals surface area contributed by atoms with Crippen molar-refractivity contribution in [3.8, 4) is 0 Å². The standard InChI is InChI=1S/C16H23N5O.HI/c1-17-16(18-11-14-9-10-20-21(14)2)19-12-15(22-3)13-7-5-4-6-8-13;/h4-10,15H,11-12H2,1-3H3,(H2,17,18,19);1H. The lowest BCUT2D eigenvalue weighted by molar-refractivity contribution is 0.106. The quantitative estimate of drug-likeness (QED) is 0.420. The lowest BCUT2D eigenvalue weighted by Gasteiger charge is -2.18. The number of ether oxygens (including phenoxy) is 1. The number of benzene rings is 1. The molecule has 2 aromatic rings. The Morgan fingerprint density at radius 3 is 2.57 bits per heavy atom. The molecule has 0 bridgehead atoms. The maximum absolute atomic E-state index is 5.54. The number of rotatable bonds is 6. The molecule has 126 valence electrons. The number of aliphatic imine (C=N–C) groups is 1. The molecule has 0 radical (unpaired) electrons. The lowest BCUT2D eigenvalue weighted by Crippen LogP contribution is -2.39. The summed E-state index contributed by atoms with van der Waals surface area (Å²) in [5.74, 6) is 0.735. The Morgan fingerprint density at radius 1 is 1.26 bits per heavy atom. The van der Waals surface area contributed by atoms with Crippen LogP contribution in [0.25, 0.3) is 0 Å². The van der Waals surface area contributed by atoms with E-state index in [1.165, 1.54) is 0 Å². The van der Waals surface area contributed by atoms with E-state index in [0.29, 0.717) is 13.1 Å². The monoisotopic (exact) mass is 429 g/mol. The molecule has 1 unspecified atom stereocenters. The molecule has 2 N–H and O–H groups in total. The molecule has 0 fully saturated rings. The molecule has 0 spiro atoms. The van der Waals surface area contributed by atoms with Gasteiger partial charge in [-0.1, -0.05) is 30.3 Å². The second kappa shape index (κ2) is 10.2. The van der Waals surface area contributed by atoms with Crippen LogP contribution in [0.3, 0.4) is 0 Å². The lowest BCUT2D eigenvalue weighted by atomic mass is 10.1. The van der Waals surface area contributed by atoms with Crippen molar-refractivity contribution in [1.82, 2.24) is 20.4 Å². The van der Waals surface area contributed by atoms with Crippen LogP contribution in [-0.2, 0) is 18.3 Å². The predicted octanol–water partition coefficient (Wildman–Crippen LogP) is 2.09. The zero-order valence-corrected chi connectivity index (χ0v) is 16.0.